The molecule has 32 heavy (non-hydrogen) atoms. The molecule has 0 bridgehead atoms. The SMILES string of the molecule is C=C(C)C(=O)OC1CCC(Oc2ccc3cc(-c4ccccc4)sc3c2)C1(C)C(F)(F)F. The van der Waals surface area contributed by atoms with Crippen LogP contribution in [0.4, 0.5) is 13.2 Å². The van der Waals surface area contributed by atoms with Gasteiger partial charge in [-0.1, -0.05) is 36.9 Å². The van der Waals surface area contributed by atoms with Gasteiger partial charge in [0.15, 0.2) is 0 Å². The first-order valence-electron chi connectivity index (χ1n) is 10.3. The number of thiophene rings is 1. The van der Waals surface area contributed by atoms with Crippen LogP contribution < -0.4 is 4.74 Å². The summed E-state index contributed by atoms with van der Waals surface area (Å²) in [4.78, 5) is 13.0. The van der Waals surface area contributed by atoms with Crippen molar-refractivity contribution >= 4 is 27.4 Å². The van der Waals surface area contributed by atoms with E-state index in [1.807, 2.05) is 36.4 Å². The molecule has 1 aromatic heterocycles. The van der Waals surface area contributed by atoms with E-state index in [9.17, 15) is 18.0 Å². The zero-order chi connectivity index (χ0) is 23.1. The molecule has 1 saturated carbocycles. The molecule has 168 valence electrons. The van der Waals surface area contributed by atoms with Crippen LogP contribution in [0.2, 0.25) is 0 Å². The van der Waals surface area contributed by atoms with Gasteiger partial charge in [0.05, 0.1) is 0 Å². The second-order valence-corrected chi connectivity index (χ2v) is 9.40. The third kappa shape index (κ3) is 4.01. The van der Waals surface area contributed by atoms with Crippen LogP contribution >= 0.6 is 11.3 Å². The number of rotatable bonds is 5. The highest BCUT2D eigenvalue weighted by Gasteiger charge is 2.66. The van der Waals surface area contributed by atoms with Crippen molar-refractivity contribution in [2.45, 2.75) is 45.1 Å². The highest BCUT2D eigenvalue weighted by atomic mass is 32.1. The first kappa shape index (κ1) is 22.4. The molecule has 3 atom stereocenters. The summed E-state index contributed by atoms with van der Waals surface area (Å²) in [5.41, 5.74) is -1.17. The molecule has 0 saturated heterocycles. The van der Waals surface area contributed by atoms with E-state index in [-0.39, 0.29) is 18.4 Å². The third-order valence-corrected chi connectivity index (χ3v) is 7.21. The van der Waals surface area contributed by atoms with E-state index in [0.717, 1.165) is 27.5 Å². The summed E-state index contributed by atoms with van der Waals surface area (Å²) in [5, 5.41) is 1.000. The lowest BCUT2D eigenvalue weighted by molar-refractivity contribution is -0.262. The molecule has 3 aromatic rings. The van der Waals surface area contributed by atoms with E-state index in [4.69, 9.17) is 9.47 Å². The maximum atomic E-state index is 14.2. The Morgan fingerprint density at radius 2 is 1.78 bits per heavy atom. The number of hydrogen-bond acceptors (Lipinski definition) is 4. The minimum absolute atomic E-state index is 0.0660. The van der Waals surface area contributed by atoms with Crippen molar-refractivity contribution in [3.8, 4) is 16.2 Å². The lowest BCUT2D eigenvalue weighted by atomic mass is 9.83. The van der Waals surface area contributed by atoms with Crippen LogP contribution in [-0.2, 0) is 9.53 Å². The van der Waals surface area contributed by atoms with E-state index < -0.39 is 29.8 Å². The molecule has 3 unspecified atom stereocenters. The van der Waals surface area contributed by atoms with Gasteiger partial charge in [-0.05, 0) is 61.9 Å². The Morgan fingerprint density at radius 1 is 1.09 bits per heavy atom. The molecule has 1 heterocycles. The number of hydrogen-bond donors (Lipinski definition) is 0. The zero-order valence-electron chi connectivity index (χ0n) is 17.7. The smallest absolute Gasteiger partial charge is 0.401 e. The molecule has 0 aliphatic heterocycles. The molecule has 1 aliphatic carbocycles. The third-order valence-electron chi connectivity index (χ3n) is 6.07. The Morgan fingerprint density at radius 3 is 2.44 bits per heavy atom. The Bertz CT molecular complexity index is 1150. The van der Waals surface area contributed by atoms with Gasteiger partial charge in [-0.2, -0.15) is 13.2 Å². The van der Waals surface area contributed by atoms with Crippen LogP contribution in [0.5, 0.6) is 5.75 Å². The van der Waals surface area contributed by atoms with Crippen LogP contribution in [0.15, 0.2) is 66.7 Å². The van der Waals surface area contributed by atoms with Crippen LogP contribution in [0, 0.1) is 5.41 Å². The minimum atomic E-state index is -4.61. The molecule has 0 N–H and O–H groups in total. The number of ether oxygens (including phenoxy) is 2. The number of esters is 1. The number of benzene rings is 2. The quantitative estimate of drug-likeness (QED) is 0.299. The Balaban J connectivity index is 1.60. The predicted octanol–water partition coefficient (Wildman–Crippen LogP) is 7.17. The Kier molecular flexibility index (Phi) is 5.79. The van der Waals surface area contributed by atoms with Gasteiger partial charge in [0.25, 0.3) is 0 Å². The number of halogens is 3. The molecule has 1 aliphatic rings. The summed E-state index contributed by atoms with van der Waals surface area (Å²) in [6, 6.07) is 17.3. The average molecular weight is 461 g/mol. The minimum Gasteiger partial charge on any atom is -0.489 e. The van der Waals surface area contributed by atoms with Gasteiger partial charge in [0, 0.05) is 15.2 Å². The van der Waals surface area contributed by atoms with Crippen LogP contribution in [-0.4, -0.2) is 24.4 Å². The zero-order valence-corrected chi connectivity index (χ0v) is 18.6. The fourth-order valence-corrected chi connectivity index (χ4v) is 5.16. The molecule has 7 heteroatoms. The van der Waals surface area contributed by atoms with Crippen molar-refractivity contribution in [3.63, 3.8) is 0 Å². The summed E-state index contributed by atoms with van der Waals surface area (Å²) in [6.07, 6.45) is -6.91. The highest BCUT2D eigenvalue weighted by molar-refractivity contribution is 7.22. The van der Waals surface area contributed by atoms with Gasteiger partial charge >= 0.3 is 12.1 Å². The molecule has 0 amide bonds. The molecule has 4 rings (SSSR count). The van der Waals surface area contributed by atoms with Crippen molar-refractivity contribution in [3.05, 3.63) is 66.7 Å². The summed E-state index contributed by atoms with van der Waals surface area (Å²) in [5.74, 6) is -0.453. The van der Waals surface area contributed by atoms with E-state index in [2.05, 4.69) is 12.6 Å². The molecular weight excluding hydrogens is 437 g/mol. The number of fused-ring (bicyclic) bond motifs is 1. The lowest BCUT2D eigenvalue weighted by Gasteiger charge is -2.37. The summed E-state index contributed by atoms with van der Waals surface area (Å²) >= 11 is 1.56. The second-order valence-electron chi connectivity index (χ2n) is 8.31. The Labute approximate surface area is 188 Å². The fourth-order valence-electron chi connectivity index (χ4n) is 4.06. The first-order chi connectivity index (χ1) is 15.1. The maximum absolute atomic E-state index is 14.2. The largest absolute Gasteiger partial charge is 0.489 e. The predicted molar refractivity (Wildman–Crippen MR) is 120 cm³/mol. The van der Waals surface area contributed by atoms with E-state index in [1.54, 1.807) is 23.5 Å². The van der Waals surface area contributed by atoms with Crippen molar-refractivity contribution < 1.29 is 27.4 Å². The number of alkyl halides is 3. The summed E-state index contributed by atoms with van der Waals surface area (Å²) < 4.78 is 54.4. The fraction of sp³-hybridized carbons (Fsp3) is 0.320. The van der Waals surface area contributed by atoms with Gasteiger partial charge in [0.2, 0.25) is 0 Å². The van der Waals surface area contributed by atoms with Crippen molar-refractivity contribution in [2.75, 3.05) is 0 Å². The van der Waals surface area contributed by atoms with Gasteiger partial charge in [-0.25, -0.2) is 4.79 Å². The highest BCUT2D eigenvalue weighted by Crippen LogP contribution is 2.53. The Hall–Kier alpha value is -2.80. The van der Waals surface area contributed by atoms with Crippen molar-refractivity contribution in [1.29, 1.82) is 0 Å². The topological polar surface area (TPSA) is 35.5 Å². The lowest BCUT2D eigenvalue weighted by Crippen LogP contribution is -2.51. The van der Waals surface area contributed by atoms with Gasteiger partial charge in [-0.15, -0.1) is 11.3 Å². The van der Waals surface area contributed by atoms with Crippen molar-refractivity contribution in [1.82, 2.24) is 0 Å². The van der Waals surface area contributed by atoms with Crippen LogP contribution in [0.3, 0.4) is 0 Å². The van der Waals surface area contributed by atoms with Crippen LogP contribution in [0.25, 0.3) is 20.5 Å². The molecule has 0 radical (unpaired) electrons. The normalized spacial score (nSPS) is 23.3. The standard InChI is InChI=1S/C25H23F3O3S/c1-15(2)23(29)31-22-12-11-21(24(22,3)25(26,27)28)30-18-10-9-17-13-19(32-20(17)14-18)16-7-5-4-6-8-16/h4-10,13-14,21-22H,1,11-12H2,2-3H3. The van der Waals surface area contributed by atoms with E-state index >= 15 is 0 Å². The van der Waals surface area contributed by atoms with Crippen molar-refractivity contribution in [2.24, 2.45) is 5.41 Å². The van der Waals surface area contributed by atoms with Gasteiger partial charge < -0.3 is 9.47 Å². The first-order valence-corrected chi connectivity index (χ1v) is 11.1. The molecule has 0 spiro atoms. The molecular formula is C25H23F3O3S. The van der Waals surface area contributed by atoms with E-state index in [1.165, 1.54) is 6.92 Å². The molecule has 1 fully saturated rings. The second kappa shape index (κ2) is 8.28. The monoisotopic (exact) mass is 460 g/mol. The average Bonchev–Trinajstić information content (AvgIpc) is 3.31. The molecule has 2 aromatic carbocycles. The van der Waals surface area contributed by atoms with Gasteiger partial charge in [0.1, 0.15) is 23.4 Å². The summed E-state index contributed by atoms with van der Waals surface area (Å²) in [7, 11) is 0. The number of carbonyl (C=O) groups excluding carboxylic acids is 1. The number of carbonyl (C=O) groups is 1. The van der Waals surface area contributed by atoms with Crippen LogP contribution in [0.1, 0.15) is 26.7 Å². The van der Waals surface area contributed by atoms with Gasteiger partial charge in [-0.3, -0.25) is 0 Å². The summed E-state index contributed by atoms with van der Waals surface area (Å²) in [6.45, 7) is 5.94. The van der Waals surface area contributed by atoms with E-state index in [0.29, 0.717) is 5.75 Å². The molecule has 3 nitrogen and oxygen atoms in total. The maximum Gasteiger partial charge on any atom is 0.401 e.